The molecule has 3 heteroatoms. The van der Waals surface area contributed by atoms with Gasteiger partial charge < -0.3 is 10.2 Å². The Kier molecular flexibility index (Phi) is 5.18. The number of amides is 1. The molecule has 1 amide bonds. The molecule has 0 radical (unpaired) electrons. The number of nitrogens with zero attached hydrogens (tertiary/aromatic N) is 1. The average molecular weight is 274 g/mol. The molecule has 1 saturated heterocycles. The summed E-state index contributed by atoms with van der Waals surface area (Å²) in [6.45, 7) is 9.15. The molecule has 3 nitrogen and oxygen atoms in total. The summed E-state index contributed by atoms with van der Waals surface area (Å²) in [4.78, 5) is 14.9. The monoisotopic (exact) mass is 274 g/mol. The Bertz CT molecular complexity index is 444. The van der Waals surface area contributed by atoms with E-state index in [4.69, 9.17) is 0 Å². The number of aryl methyl sites for hydroxylation is 2. The van der Waals surface area contributed by atoms with Crippen molar-refractivity contribution >= 4 is 5.91 Å². The van der Waals surface area contributed by atoms with E-state index >= 15 is 0 Å². The third-order valence-electron chi connectivity index (χ3n) is 3.94. The lowest BCUT2D eigenvalue weighted by Crippen LogP contribution is -2.46. The predicted molar refractivity (Wildman–Crippen MR) is 83.1 cm³/mol. The largest absolute Gasteiger partial charge is 0.336 e. The molecule has 1 aromatic carbocycles. The van der Waals surface area contributed by atoms with Crippen LogP contribution in [0.25, 0.3) is 0 Å². The molecular formula is C17H26N2O. The average Bonchev–Trinajstić information content (AvgIpc) is 2.44. The van der Waals surface area contributed by atoms with Crippen LogP contribution in [0, 0.1) is 13.8 Å². The molecule has 20 heavy (non-hydrogen) atoms. The summed E-state index contributed by atoms with van der Waals surface area (Å²) in [5.41, 5.74) is 3.17. The molecule has 1 aromatic rings. The topological polar surface area (TPSA) is 32.3 Å². The zero-order chi connectivity index (χ0) is 14.5. The SMILES string of the molecule is CCCN(C(=O)c1cc(C)cc(C)c1)C1CCNCC1. The minimum Gasteiger partial charge on any atom is -0.336 e. The van der Waals surface area contributed by atoms with Gasteiger partial charge >= 0.3 is 0 Å². The predicted octanol–water partition coefficient (Wildman–Crippen LogP) is 2.91. The van der Waals surface area contributed by atoms with Crippen LogP contribution in [0.3, 0.4) is 0 Å². The third kappa shape index (κ3) is 3.60. The molecule has 110 valence electrons. The lowest BCUT2D eigenvalue weighted by atomic mass is 10.0. The molecule has 0 aromatic heterocycles. The van der Waals surface area contributed by atoms with E-state index in [-0.39, 0.29) is 5.91 Å². The van der Waals surface area contributed by atoms with E-state index in [9.17, 15) is 4.79 Å². The highest BCUT2D eigenvalue weighted by molar-refractivity contribution is 5.94. The van der Waals surface area contributed by atoms with Crippen molar-refractivity contribution in [3.63, 3.8) is 0 Å². The van der Waals surface area contributed by atoms with Crippen molar-refractivity contribution in [3.05, 3.63) is 34.9 Å². The number of rotatable bonds is 4. The highest BCUT2D eigenvalue weighted by Crippen LogP contribution is 2.18. The minimum atomic E-state index is 0.200. The number of hydrogen-bond donors (Lipinski definition) is 1. The summed E-state index contributed by atoms with van der Waals surface area (Å²) in [6.07, 6.45) is 3.15. The number of hydrogen-bond acceptors (Lipinski definition) is 2. The van der Waals surface area contributed by atoms with Gasteiger partial charge in [-0.15, -0.1) is 0 Å². The summed E-state index contributed by atoms with van der Waals surface area (Å²) < 4.78 is 0. The third-order valence-corrected chi connectivity index (χ3v) is 3.94. The highest BCUT2D eigenvalue weighted by atomic mass is 16.2. The van der Waals surface area contributed by atoms with Gasteiger partial charge in [-0.25, -0.2) is 0 Å². The van der Waals surface area contributed by atoms with E-state index in [1.807, 2.05) is 12.1 Å². The summed E-state index contributed by atoms with van der Waals surface area (Å²) in [6, 6.07) is 6.54. The Balaban J connectivity index is 2.20. The van der Waals surface area contributed by atoms with E-state index in [0.29, 0.717) is 6.04 Å². The molecule has 0 bridgehead atoms. The van der Waals surface area contributed by atoms with Crippen LogP contribution in [0.5, 0.6) is 0 Å². The van der Waals surface area contributed by atoms with Crippen molar-refractivity contribution < 1.29 is 4.79 Å². The first-order chi connectivity index (χ1) is 9.61. The molecule has 2 rings (SSSR count). The molecule has 0 aliphatic carbocycles. The van der Waals surface area contributed by atoms with Gasteiger partial charge in [0.15, 0.2) is 0 Å². The van der Waals surface area contributed by atoms with Crippen LogP contribution in [0.15, 0.2) is 18.2 Å². The number of carbonyl (C=O) groups is 1. The van der Waals surface area contributed by atoms with E-state index < -0.39 is 0 Å². The van der Waals surface area contributed by atoms with Gasteiger partial charge in [0.25, 0.3) is 5.91 Å². The Labute approximate surface area is 122 Å². The van der Waals surface area contributed by atoms with Crippen LogP contribution >= 0.6 is 0 Å². The first kappa shape index (κ1) is 15.0. The van der Waals surface area contributed by atoms with Gasteiger partial charge in [0.2, 0.25) is 0 Å². The second kappa shape index (κ2) is 6.89. The number of carbonyl (C=O) groups excluding carboxylic acids is 1. The molecule has 1 aliphatic heterocycles. The van der Waals surface area contributed by atoms with Gasteiger partial charge in [-0.2, -0.15) is 0 Å². The Morgan fingerprint density at radius 3 is 2.35 bits per heavy atom. The van der Waals surface area contributed by atoms with Crippen molar-refractivity contribution in [3.8, 4) is 0 Å². The van der Waals surface area contributed by atoms with E-state index in [1.165, 1.54) is 0 Å². The van der Waals surface area contributed by atoms with Gasteiger partial charge in [-0.3, -0.25) is 4.79 Å². The normalized spacial score (nSPS) is 16.1. The minimum absolute atomic E-state index is 0.200. The molecule has 1 N–H and O–H groups in total. The van der Waals surface area contributed by atoms with Crippen molar-refractivity contribution in [1.82, 2.24) is 10.2 Å². The molecule has 1 heterocycles. The molecule has 0 saturated carbocycles. The Morgan fingerprint density at radius 2 is 1.80 bits per heavy atom. The summed E-state index contributed by atoms with van der Waals surface area (Å²) in [5.74, 6) is 0.200. The standard InChI is InChI=1S/C17H26N2O/c1-4-9-19(16-5-7-18-8-6-16)17(20)15-11-13(2)10-14(3)12-15/h10-12,16,18H,4-9H2,1-3H3. The van der Waals surface area contributed by atoms with E-state index in [1.54, 1.807) is 0 Å². The maximum Gasteiger partial charge on any atom is 0.254 e. The van der Waals surface area contributed by atoms with Crippen LogP contribution in [0.2, 0.25) is 0 Å². The highest BCUT2D eigenvalue weighted by Gasteiger charge is 2.25. The van der Waals surface area contributed by atoms with Crippen molar-refractivity contribution in [1.29, 1.82) is 0 Å². The van der Waals surface area contributed by atoms with Crippen molar-refractivity contribution in [2.24, 2.45) is 0 Å². The van der Waals surface area contributed by atoms with Gasteiger partial charge in [-0.05, 0) is 58.3 Å². The van der Waals surface area contributed by atoms with Crippen molar-refractivity contribution in [2.75, 3.05) is 19.6 Å². The molecule has 1 aliphatic rings. The van der Waals surface area contributed by atoms with E-state index in [0.717, 1.165) is 55.6 Å². The van der Waals surface area contributed by atoms with Crippen LogP contribution < -0.4 is 5.32 Å². The van der Waals surface area contributed by atoms with E-state index in [2.05, 4.69) is 37.1 Å². The Morgan fingerprint density at radius 1 is 1.20 bits per heavy atom. The summed E-state index contributed by atoms with van der Waals surface area (Å²) in [5, 5.41) is 3.37. The molecule has 0 spiro atoms. The van der Waals surface area contributed by atoms with Crippen molar-refractivity contribution in [2.45, 2.75) is 46.1 Å². The second-order valence-corrected chi connectivity index (χ2v) is 5.86. The molecule has 0 unspecified atom stereocenters. The first-order valence-electron chi connectivity index (χ1n) is 7.71. The molecule has 1 fully saturated rings. The molecular weight excluding hydrogens is 248 g/mol. The van der Waals surface area contributed by atoms with Gasteiger partial charge in [0, 0.05) is 18.2 Å². The van der Waals surface area contributed by atoms with Crippen LogP contribution in [0.1, 0.15) is 47.7 Å². The van der Waals surface area contributed by atoms with Crippen LogP contribution in [-0.2, 0) is 0 Å². The van der Waals surface area contributed by atoms with Gasteiger partial charge in [0.1, 0.15) is 0 Å². The second-order valence-electron chi connectivity index (χ2n) is 5.86. The molecule has 0 atom stereocenters. The number of benzene rings is 1. The fraction of sp³-hybridized carbons (Fsp3) is 0.588. The summed E-state index contributed by atoms with van der Waals surface area (Å²) >= 11 is 0. The zero-order valence-corrected chi connectivity index (χ0v) is 12.9. The smallest absolute Gasteiger partial charge is 0.254 e. The lowest BCUT2D eigenvalue weighted by molar-refractivity contribution is 0.0642. The van der Waals surface area contributed by atoms with Gasteiger partial charge in [-0.1, -0.05) is 24.1 Å². The van der Waals surface area contributed by atoms with Gasteiger partial charge in [0.05, 0.1) is 0 Å². The first-order valence-corrected chi connectivity index (χ1v) is 7.71. The number of piperidine rings is 1. The van der Waals surface area contributed by atoms with Crippen LogP contribution in [0.4, 0.5) is 0 Å². The maximum atomic E-state index is 12.8. The fourth-order valence-electron chi connectivity index (χ4n) is 3.07. The fourth-order valence-corrected chi connectivity index (χ4v) is 3.07. The Hall–Kier alpha value is -1.35. The quantitative estimate of drug-likeness (QED) is 0.915. The summed E-state index contributed by atoms with van der Waals surface area (Å²) in [7, 11) is 0. The zero-order valence-electron chi connectivity index (χ0n) is 12.9. The lowest BCUT2D eigenvalue weighted by Gasteiger charge is -2.34. The van der Waals surface area contributed by atoms with Crippen LogP contribution in [-0.4, -0.2) is 36.5 Å². The maximum absolute atomic E-state index is 12.8. The number of nitrogens with one attached hydrogen (secondary N) is 1.